The van der Waals surface area contributed by atoms with Crippen LogP contribution < -0.4 is 0 Å². The summed E-state index contributed by atoms with van der Waals surface area (Å²) < 4.78 is 73.6. The monoisotopic (exact) mass is 1740 g/mol. The van der Waals surface area contributed by atoms with Crippen LogP contribution in [0.5, 0.6) is 0 Å². The summed E-state index contributed by atoms with van der Waals surface area (Å²) in [6.07, 6.45) is 32.1. The second-order valence-corrected chi connectivity index (χ2v) is 36.7. The Morgan fingerprint density at radius 2 is 0.575 bits per heavy atom. The minimum atomic E-state index is -5.80. The van der Waals surface area contributed by atoms with Crippen molar-refractivity contribution in [2.45, 2.75) is 549 Å². The van der Waals surface area contributed by atoms with Crippen LogP contribution in [0.3, 0.4) is 0 Å². The second-order valence-electron chi connectivity index (χ2n) is 35.3. The molecule has 10 N–H and O–H groups in total. The van der Waals surface area contributed by atoms with Gasteiger partial charge in [0.2, 0.25) is 0 Å². The highest BCUT2D eigenvalue weighted by atomic mass is 31.2. The SMILES string of the molecule is CCCCCCCCCCCCCCCCCCC(=O)OCC(COP(=O)(O)OC1C(OC2OC(CO)C(O)C(O)C2O)C(O)C(O)C(OC(=O)CCCCCCCCCCCCCCC)C1OC1OC(COC(=O)CCCCCCCCCCCCCCCCCC)C(O)C(O)C1O)OC(=O)CCCCCCCCCCCCCCCCCC. The molecule has 0 bridgehead atoms. The maximum absolute atomic E-state index is 14.9. The summed E-state index contributed by atoms with van der Waals surface area (Å²) in [4.78, 5) is 66.6. The normalized spacial score (nSPS) is 24.6. The zero-order valence-corrected chi connectivity index (χ0v) is 76.5. The highest BCUT2D eigenvalue weighted by Gasteiger charge is 2.60. The van der Waals surface area contributed by atoms with Crippen molar-refractivity contribution in [2.75, 3.05) is 26.4 Å². The van der Waals surface area contributed by atoms with Crippen molar-refractivity contribution in [3.05, 3.63) is 0 Å². The molecule has 708 valence electrons. The lowest BCUT2D eigenvalue weighted by Crippen LogP contribution is -2.70. The van der Waals surface area contributed by atoms with Crippen LogP contribution >= 0.6 is 7.82 Å². The molecule has 3 fully saturated rings. The van der Waals surface area contributed by atoms with Crippen LogP contribution in [0.15, 0.2) is 0 Å². The van der Waals surface area contributed by atoms with Gasteiger partial charge in [0, 0.05) is 25.7 Å². The molecule has 3 rings (SSSR count). The first-order valence-electron chi connectivity index (χ1n) is 49.3. The van der Waals surface area contributed by atoms with E-state index in [4.69, 9.17) is 46.9 Å². The predicted molar refractivity (Wildman–Crippen MR) is 467 cm³/mol. The Morgan fingerprint density at radius 3 is 0.908 bits per heavy atom. The van der Waals surface area contributed by atoms with E-state index in [1.165, 1.54) is 231 Å². The summed E-state index contributed by atoms with van der Waals surface area (Å²) in [7, 11) is -5.80. The second kappa shape index (κ2) is 73.4. The van der Waals surface area contributed by atoms with Crippen LogP contribution in [0, 0.1) is 0 Å². The van der Waals surface area contributed by atoms with Gasteiger partial charge in [-0.1, -0.05) is 394 Å². The Morgan fingerprint density at radius 1 is 0.300 bits per heavy atom. The predicted octanol–water partition coefficient (Wildman–Crippen LogP) is 18.9. The molecule has 18 unspecified atom stereocenters. The number of hydrogen-bond acceptors (Lipinski definition) is 24. The first-order chi connectivity index (χ1) is 58.2. The first kappa shape index (κ1) is 112. The van der Waals surface area contributed by atoms with Crippen LogP contribution in [0.1, 0.15) is 445 Å². The van der Waals surface area contributed by atoms with Crippen molar-refractivity contribution in [1.29, 1.82) is 0 Å². The van der Waals surface area contributed by atoms with Crippen molar-refractivity contribution in [3.8, 4) is 0 Å². The third kappa shape index (κ3) is 52.7. The number of ether oxygens (including phenoxy) is 8. The molecule has 18 atom stereocenters. The van der Waals surface area contributed by atoms with Gasteiger partial charge in [-0.15, -0.1) is 0 Å². The van der Waals surface area contributed by atoms with E-state index in [1.807, 2.05) is 0 Å². The van der Waals surface area contributed by atoms with Gasteiger partial charge in [-0.25, -0.2) is 4.57 Å². The summed E-state index contributed by atoms with van der Waals surface area (Å²) >= 11 is 0. The van der Waals surface area contributed by atoms with E-state index in [0.717, 1.165) is 128 Å². The molecule has 25 nitrogen and oxygen atoms in total. The smallest absolute Gasteiger partial charge is 0.463 e. The van der Waals surface area contributed by atoms with E-state index in [9.17, 15) is 74.6 Å². The van der Waals surface area contributed by atoms with Gasteiger partial charge < -0.3 is 88.7 Å². The van der Waals surface area contributed by atoms with Gasteiger partial charge in [0.15, 0.2) is 24.8 Å². The largest absolute Gasteiger partial charge is 0.472 e. The number of carbonyl (C=O) groups excluding carboxylic acids is 4. The molecule has 2 heterocycles. The average Bonchev–Trinajstić information content (AvgIpc) is 0.754. The van der Waals surface area contributed by atoms with E-state index in [0.29, 0.717) is 32.1 Å². The quantitative estimate of drug-likeness (QED) is 0.0117. The number of hydrogen-bond donors (Lipinski definition) is 10. The molecule has 1 saturated carbocycles. The number of rotatable bonds is 81. The number of aliphatic hydroxyl groups excluding tert-OH is 9. The minimum Gasteiger partial charge on any atom is -0.463 e. The fraction of sp³-hybridized carbons (Fsp3) is 0.957. The van der Waals surface area contributed by atoms with Gasteiger partial charge in [-0.3, -0.25) is 28.2 Å². The summed E-state index contributed by atoms with van der Waals surface area (Å²) in [5.74, 6) is -2.93. The number of carbonyl (C=O) groups is 4. The fourth-order valence-corrected chi connectivity index (χ4v) is 17.5. The average molecular weight is 1740 g/mol. The first-order valence-corrected chi connectivity index (χ1v) is 50.8. The molecular weight excluding hydrogens is 1560 g/mol. The van der Waals surface area contributed by atoms with Gasteiger partial charge in [-0.05, 0) is 25.7 Å². The maximum atomic E-state index is 14.9. The van der Waals surface area contributed by atoms with Gasteiger partial charge >= 0.3 is 31.7 Å². The molecule has 0 aromatic heterocycles. The summed E-state index contributed by atoms with van der Waals surface area (Å²) in [6, 6.07) is 0. The van der Waals surface area contributed by atoms with E-state index in [2.05, 4.69) is 27.7 Å². The third-order valence-electron chi connectivity index (χ3n) is 24.4. The Labute approximate surface area is 725 Å². The van der Waals surface area contributed by atoms with E-state index in [-0.39, 0.29) is 25.7 Å². The zero-order valence-electron chi connectivity index (χ0n) is 75.6. The maximum Gasteiger partial charge on any atom is 0.472 e. The molecule has 0 amide bonds. The van der Waals surface area contributed by atoms with Crippen LogP contribution in [0.4, 0.5) is 0 Å². The third-order valence-corrected chi connectivity index (χ3v) is 25.3. The molecule has 3 aliphatic rings. The molecule has 120 heavy (non-hydrogen) atoms. The topological polar surface area (TPSA) is 380 Å². The molecule has 0 spiro atoms. The number of esters is 4. The summed E-state index contributed by atoms with van der Waals surface area (Å²) in [5, 5.41) is 102. The van der Waals surface area contributed by atoms with Crippen LogP contribution in [-0.2, 0) is 70.7 Å². The fourth-order valence-electron chi connectivity index (χ4n) is 16.6. The van der Waals surface area contributed by atoms with Crippen molar-refractivity contribution < 1.29 is 122 Å². The molecule has 26 heteroatoms. The van der Waals surface area contributed by atoms with Gasteiger partial charge in [-0.2, -0.15) is 0 Å². The lowest BCUT2D eigenvalue weighted by Gasteiger charge is -2.50. The van der Waals surface area contributed by atoms with E-state index < -0.39 is 162 Å². The number of phosphoric ester groups is 1. The van der Waals surface area contributed by atoms with E-state index in [1.54, 1.807) is 0 Å². The zero-order chi connectivity index (χ0) is 87.5. The highest BCUT2D eigenvalue weighted by molar-refractivity contribution is 7.47. The highest BCUT2D eigenvalue weighted by Crippen LogP contribution is 2.49. The Hall–Kier alpha value is -2.53. The molecular formula is C94H177O25P. The Balaban J connectivity index is 1.89. The van der Waals surface area contributed by atoms with Crippen molar-refractivity contribution in [3.63, 3.8) is 0 Å². The summed E-state index contributed by atoms with van der Waals surface area (Å²) in [5.41, 5.74) is 0. The van der Waals surface area contributed by atoms with Crippen LogP contribution in [0.25, 0.3) is 0 Å². The molecule has 2 saturated heterocycles. The molecule has 2 aliphatic heterocycles. The van der Waals surface area contributed by atoms with Crippen LogP contribution in [0.2, 0.25) is 0 Å². The lowest BCUT2D eigenvalue weighted by atomic mass is 9.84. The van der Waals surface area contributed by atoms with Crippen molar-refractivity contribution in [1.82, 2.24) is 0 Å². The standard InChI is InChI=1S/C94H177O25P/c1-5-9-13-17-21-25-29-33-36-39-43-46-50-54-58-62-66-77(96)110-71-74(113-79(98)68-64-60-56-52-49-45-41-38-35-31-27-23-19-15-11-7-3)72-112-120(108,109)119-92-90(117-93-87(106)83(102)81(100)75(70-95)114-93)86(105)85(104)89(116-80(99)69-65-61-57-53-48-42-32-28-24-20-16-12-8-4)91(92)118-94-88(107)84(103)82(101)76(115-94)73-111-78(97)67-63-59-55-51-47-44-40-37-34-30-26-22-18-14-10-6-2/h74-76,81-95,100-107H,5-73H2,1-4H3,(H,108,109). The van der Waals surface area contributed by atoms with Crippen LogP contribution in [-0.4, -0.2) is 205 Å². The van der Waals surface area contributed by atoms with Gasteiger partial charge in [0.25, 0.3) is 0 Å². The van der Waals surface area contributed by atoms with Gasteiger partial charge in [0.1, 0.15) is 92.6 Å². The molecule has 0 aromatic rings. The van der Waals surface area contributed by atoms with Gasteiger partial charge in [0.05, 0.1) is 13.2 Å². The van der Waals surface area contributed by atoms with E-state index >= 15 is 0 Å². The summed E-state index contributed by atoms with van der Waals surface area (Å²) in [6.45, 7) is 5.66. The molecule has 0 aromatic carbocycles. The minimum absolute atomic E-state index is 0.0205. The Bertz CT molecular complexity index is 2490. The number of unbranched alkanes of at least 4 members (excludes halogenated alkanes) is 57. The molecule has 1 aliphatic carbocycles. The lowest BCUT2D eigenvalue weighted by molar-refractivity contribution is -0.360. The molecule has 0 radical (unpaired) electrons. The number of aliphatic hydroxyl groups is 9. The number of phosphoric acid groups is 1. The van der Waals surface area contributed by atoms with Crippen molar-refractivity contribution >= 4 is 31.7 Å². The van der Waals surface area contributed by atoms with Crippen molar-refractivity contribution in [2.24, 2.45) is 0 Å². The Kier molecular flexibility index (Phi) is 68.3.